The van der Waals surface area contributed by atoms with E-state index in [1.807, 2.05) is 18.4 Å². The van der Waals surface area contributed by atoms with Crippen LogP contribution in [0.15, 0.2) is 34.5 Å². The third-order valence-corrected chi connectivity index (χ3v) is 4.53. The minimum Gasteiger partial charge on any atom is -0.327 e. The van der Waals surface area contributed by atoms with E-state index in [1.165, 1.54) is 12.1 Å². The van der Waals surface area contributed by atoms with Gasteiger partial charge in [-0.1, -0.05) is 6.07 Å². The fourth-order valence-corrected chi connectivity index (χ4v) is 3.30. The summed E-state index contributed by atoms with van der Waals surface area (Å²) in [6, 6.07) is 6.64. The van der Waals surface area contributed by atoms with Crippen molar-refractivity contribution in [2.24, 2.45) is 5.73 Å². The molecule has 2 rings (SSSR count). The Morgan fingerprint density at radius 1 is 1.50 bits per heavy atom. The SMILES string of the molecule is Cc1csc(CC(N)CSc2cccc(F)c2)n1. The van der Waals surface area contributed by atoms with Crippen LogP contribution in [0, 0.1) is 12.7 Å². The summed E-state index contributed by atoms with van der Waals surface area (Å²) in [5.41, 5.74) is 7.09. The Morgan fingerprint density at radius 2 is 2.33 bits per heavy atom. The van der Waals surface area contributed by atoms with Gasteiger partial charge in [0.15, 0.2) is 0 Å². The van der Waals surface area contributed by atoms with Crippen LogP contribution < -0.4 is 5.73 Å². The quantitative estimate of drug-likeness (QED) is 0.856. The number of halogens is 1. The number of aryl methyl sites for hydroxylation is 1. The van der Waals surface area contributed by atoms with Gasteiger partial charge in [0.05, 0.1) is 5.01 Å². The van der Waals surface area contributed by atoms with Crippen molar-refractivity contribution >= 4 is 23.1 Å². The number of thiazole rings is 1. The van der Waals surface area contributed by atoms with Crippen LogP contribution in [0.2, 0.25) is 0 Å². The van der Waals surface area contributed by atoms with Crippen molar-refractivity contribution in [2.45, 2.75) is 24.3 Å². The molecule has 0 radical (unpaired) electrons. The standard InChI is InChI=1S/C13H15FN2S2/c1-9-7-18-13(16-9)6-11(15)8-17-12-4-2-3-10(14)5-12/h2-5,7,11H,6,8,15H2,1H3. The highest BCUT2D eigenvalue weighted by Gasteiger charge is 2.08. The average molecular weight is 282 g/mol. The van der Waals surface area contributed by atoms with E-state index in [0.29, 0.717) is 0 Å². The lowest BCUT2D eigenvalue weighted by atomic mass is 10.3. The topological polar surface area (TPSA) is 38.9 Å². The Bertz CT molecular complexity index is 513. The molecule has 1 unspecified atom stereocenters. The van der Waals surface area contributed by atoms with Crippen LogP contribution in [0.5, 0.6) is 0 Å². The van der Waals surface area contributed by atoms with Gasteiger partial charge >= 0.3 is 0 Å². The second kappa shape index (κ2) is 6.31. The molecular formula is C13H15FN2S2. The number of nitrogens with two attached hydrogens (primary N) is 1. The Morgan fingerprint density at radius 3 is 3.00 bits per heavy atom. The van der Waals surface area contributed by atoms with Gasteiger partial charge in [-0.3, -0.25) is 0 Å². The maximum Gasteiger partial charge on any atom is 0.124 e. The minimum atomic E-state index is -0.205. The van der Waals surface area contributed by atoms with Gasteiger partial charge in [0.1, 0.15) is 5.82 Å². The summed E-state index contributed by atoms with van der Waals surface area (Å²) in [4.78, 5) is 5.31. The Hall–Kier alpha value is -0.910. The highest BCUT2D eigenvalue weighted by atomic mass is 32.2. The molecule has 18 heavy (non-hydrogen) atoms. The average Bonchev–Trinajstić information content (AvgIpc) is 2.72. The van der Waals surface area contributed by atoms with Crippen molar-refractivity contribution in [1.29, 1.82) is 0 Å². The van der Waals surface area contributed by atoms with Gasteiger partial charge in [-0.05, 0) is 25.1 Å². The van der Waals surface area contributed by atoms with Crippen molar-refractivity contribution in [3.63, 3.8) is 0 Å². The normalized spacial score (nSPS) is 12.6. The molecule has 1 atom stereocenters. The Labute approximate surface area is 114 Å². The molecule has 0 aliphatic heterocycles. The molecule has 96 valence electrons. The van der Waals surface area contributed by atoms with E-state index in [2.05, 4.69) is 4.98 Å². The second-order valence-electron chi connectivity index (χ2n) is 4.12. The summed E-state index contributed by atoms with van der Waals surface area (Å²) >= 11 is 3.22. The monoisotopic (exact) mass is 282 g/mol. The summed E-state index contributed by atoms with van der Waals surface area (Å²) < 4.78 is 13.0. The minimum absolute atomic E-state index is 0.0452. The molecule has 0 spiro atoms. The van der Waals surface area contributed by atoms with Crippen LogP contribution in [0.3, 0.4) is 0 Å². The maximum atomic E-state index is 13.0. The molecule has 2 nitrogen and oxygen atoms in total. The molecule has 1 aromatic heterocycles. The highest BCUT2D eigenvalue weighted by Crippen LogP contribution is 2.20. The Kier molecular flexibility index (Phi) is 4.74. The molecule has 2 N–H and O–H groups in total. The smallest absolute Gasteiger partial charge is 0.124 e. The first-order valence-corrected chi connectivity index (χ1v) is 7.55. The van der Waals surface area contributed by atoms with Gasteiger partial charge in [0, 0.05) is 34.2 Å². The van der Waals surface area contributed by atoms with Gasteiger partial charge in [0.2, 0.25) is 0 Å². The molecular weight excluding hydrogens is 267 g/mol. The number of thioether (sulfide) groups is 1. The van der Waals surface area contributed by atoms with E-state index in [-0.39, 0.29) is 11.9 Å². The summed E-state index contributed by atoms with van der Waals surface area (Å²) in [7, 11) is 0. The van der Waals surface area contributed by atoms with Crippen LogP contribution in [0.4, 0.5) is 4.39 Å². The molecule has 2 aromatic rings. The van der Waals surface area contributed by atoms with Crippen molar-refractivity contribution in [1.82, 2.24) is 4.98 Å². The van der Waals surface area contributed by atoms with Gasteiger partial charge in [0.25, 0.3) is 0 Å². The second-order valence-corrected chi connectivity index (χ2v) is 6.15. The first kappa shape index (κ1) is 13.5. The van der Waals surface area contributed by atoms with Gasteiger partial charge < -0.3 is 5.73 Å². The number of hydrogen-bond donors (Lipinski definition) is 1. The molecule has 0 fully saturated rings. The van der Waals surface area contributed by atoms with Gasteiger partial charge in [-0.2, -0.15) is 0 Å². The van der Waals surface area contributed by atoms with Gasteiger partial charge in [-0.15, -0.1) is 23.1 Å². The highest BCUT2D eigenvalue weighted by molar-refractivity contribution is 7.99. The molecule has 0 amide bonds. The molecule has 0 aliphatic carbocycles. The lowest BCUT2D eigenvalue weighted by Gasteiger charge is -2.09. The number of rotatable bonds is 5. The van der Waals surface area contributed by atoms with E-state index >= 15 is 0 Å². The largest absolute Gasteiger partial charge is 0.327 e. The molecule has 0 bridgehead atoms. The van der Waals surface area contributed by atoms with E-state index in [1.54, 1.807) is 29.2 Å². The number of benzene rings is 1. The van der Waals surface area contributed by atoms with Crippen LogP contribution in [-0.4, -0.2) is 16.8 Å². The first-order valence-electron chi connectivity index (χ1n) is 5.68. The molecule has 0 saturated carbocycles. The molecule has 5 heteroatoms. The summed E-state index contributed by atoms with van der Waals surface area (Å²) in [5.74, 6) is 0.561. The zero-order valence-corrected chi connectivity index (χ0v) is 11.7. The van der Waals surface area contributed by atoms with E-state index in [0.717, 1.165) is 27.8 Å². The zero-order valence-electron chi connectivity index (χ0n) is 10.1. The number of nitrogens with zero attached hydrogens (tertiary/aromatic N) is 1. The molecule has 0 aliphatic rings. The predicted molar refractivity (Wildman–Crippen MR) is 75.7 cm³/mol. The maximum absolute atomic E-state index is 13.0. The fraction of sp³-hybridized carbons (Fsp3) is 0.308. The first-order chi connectivity index (χ1) is 8.63. The van der Waals surface area contributed by atoms with E-state index in [4.69, 9.17) is 5.73 Å². The van der Waals surface area contributed by atoms with Crippen molar-refractivity contribution in [3.05, 3.63) is 46.2 Å². The lowest BCUT2D eigenvalue weighted by Crippen LogP contribution is -2.25. The fourth-order valence-electron chi connectivity index (χ4n) is 1.54. The van der Waals surface area contributed by atoms with E-state index in [9.17, 15) is 4.39 Å². The van der Waals surface area contributed by atoms with Crippen LogP contribution in [0.25, 0.3) is 0 Å². The third-order valence-electron chi connectivity index (χ3n) is 2.36. The van der Waals surface area contributed by atoms with Crippen LogP contribution in [-0.2, 0) is 6.42 Å². The van der Waals surface area contributed by atoms with Crippen molar-refractivity contribution in [3.8, 4) is 0 Å². The summed E-state index contributed by atoms with van der Waals surface area (Å²) in [6.07, 6.45) is 0.779. The van der Waals surface area contributed by atoms with Crippen molar-refractivity contribution < 1.29 is 4.39 Å². The zero-order chi connectivity index (χ0) is 13.0. The summed E-state index contributed by atoms with van der Waals surface area (Å²) in [6.45, 7) is 1.98. The molecule has 1 heterocycles. The molecule has 0 saturated heterocycles. The summed E-state index contributed by atoms with van der Waals surface area (Å²) in [5, 5.41) is 3.10. The van der Waals surface area contributed by atoms with Crippen molar-refractivity contribution in [2.75, 3.05) is 5.75 Å². The molecule has 1 aromatic carbocycles. The number of hydrogen-bond acceptors (Lipinski definition) is 4. The Balaban J connectivity index is 1.83. The predicted octanol–water partition coefficient (Wildman–Crippen LogP) is 3.25. The van der Waals surface area contributed by atoms with Gasteiger partial charge in [-0.25, -0.2) is 9.37 Å². The lowest BCUT2D eigenvalue weighted by molar-refractivity contribution is 0.624. The van der Waals surface area contributed by atoms with Crippen LogP contribution >= 0.6 is 23.1 Å². The third kappa shape index (κ3) is 4.08. The van der Waals surface area contributed by atoms with Crippen LogP contribution in [0.1, 0.15) is 10.7 Å². The van der Waals surface area contributed by atoms with E-state index < -0.39 is 0 Å². The number of aromatic nitrogens is 1.